The van der Waals surface area contributed by atoms with Crippen molar-refractivity contribution in [3.63, 3.8) is 0 Å². The third-order valence-electron chi connectivity index (χ3n) is 3.97. The first kappa shape index (κ1) is 20.5. The predicted molar refractivity (Wildman–Crippen MR) is 92.6 cm³/mol. The SMILES string of the molecule is CCOC(=O)c1cnn(-c2ccc(NC(=O)C(C)CC)cc2)c1C(F)(F)F. The molecule has 0 saturated carbocycles. The summed E-state index contributed by atoms with van der Waals surface area (Å²) < 4.78 is 45.7. The molecular weight excluding hydrogens is 363 g/mol. The molecule has 0 fully saturated rings. The lowest BCUT2D eigenvalue weighted by atomic mass is 10.1. The highest BCUT2D eigenvalue weighted by Crippen LogP contribution is 2.34. The molecule has 1 aromatic carbocycles. The van der Waals surface area contributed by atoms with Gasteiger partial charge in [0.1, 0.15) is 5.56 Å². The topological polar surface area (TPSA) is 73.2 Å². The molecule has 0 radical (unpaired) electrons. The molecule has 9 heteroatoms. The van der Waals surface area contributed by atoms with Gasteiger partial charge in [0.2, 0.25) is 5.91 Å². The van der Waals surface area contributed by atoms with Crippen LogP contribution in [0.4, 0.5) is 18.9 Å². The number of carbonyl (C=O) groups excluding carboxylic acids is 2. The summed E-state index contributed by atoms with van der Waals surface area (Å²) in [6.45, 7) is 5.11. The zero-order chi connectivity index (χ0) is 20.2. The van der Waals surface area contributed by atoms with E-state index in [1.165, 1.54) is 31.2 Å². The van der Waals surface area contributed by atoms with Crippen molar-refractivity contribution >= 4 is 17.6 Å². The lowest BCUT2D eigenvalue weighted by Crippen LogP contribution is -2.20. The third kappa shape index (κ3) is 4.66. The average molecular weight is 383 g/mol. The highest BCUT2D eigenvalue weighted by atomic mass is 19.4. The largest absolute Gasteiger partial charge is 0.462 e. The second-order valence-corrected chi connectivity index (χ2v) is 5.88. The molecule has 1 unspecified atom stereocenters. The summed E-state index contributed by atoms with van der Waals surface area (Å²) in [6, 6.07) is 5.70. The maximum atomic E-state index is 13.5. The fourth-order valence-corrected chi connectivity index (χ4v) is 2.31. The van der Waals surface area contributed by atoms with Crippen molar-refractivity contribution in [3.05, 3.63) is 41.7 Å². The van der Waals surface area contributed by atoms with Crippen molar-refractivity contribution in [2.45, 2.75) is 33.4 Å². The van der Waals surface area contributed by atoms with Gasteiger partial charge in [-0.1, -0.05) is 13.8 Å². The zero-order valence-electron chi connectivity index (χ0n) is 15.1. The number of aromatic nitrogens is 2. The number of hydrogen-bond donors (Lipinski definition) is 1. The zero-order valence-corrected chi connectivity index (χ0v) is 15.1. The van der Waals surface area contributed by atoms with Gasteiger partial charge in [-0.2, -0.15) is 18.3 Å². The van der Waals surface area contributed by atoms with Crippen molar-refractivity contribution in [1.82, 2.24) is 9.78 Å². The summed E-state index contributed by atoms with van der Waals surface area (Å²) in [5.74, 6) is -1.45. The van der Waals surface area contributed by atoms with Crippen LogP contribution in [-0.2, 0) is 15.7 Å². The van der Waals surface area contributed by atoms with E-state index in [9.17, 15) is 22.8 Å². The van der Waals surface area contributed by atoms with E-state index in [1.54, 1.807) is 6.92 Å². The van der Waals surface area contributed by atoms with Crippen LogP contribution in [0.2, 0.25) is 0 Å². The van der Waals surface area contributed by atoms with Gasteiger partial charge >= 0.3 is 12.1 Å². The fourth-order valence-electron chi connectivity index (χ4n) is 2.31. The number of benzene rings is 1. The van der Waals surface area contributed by atoms with E-state index in [2.05, 4.69) is 15.2 Å². The molecule has 6 nitrogen and oxygen atoms in total. The summed E-state index contributed by atoms with van der Waals surface area (Å²) in [5, 5.41) is 6.39. The molecule has 1 amide bonds. The van der Waals surface area contributed by atoms with Crippen LogP contribution in [0.25, 0.3) is 5.69 Å². The van der Waals surface area contributed by atoms with Gasteiger partial charge in [0, 0.05) is 11.6 Å². The molecule has 1 atom stereocenters. The fraction of sp³-hybridized carbons (Fsp3) is 0.389. The number of anilines is 1. The van der Waals surface area contributed by atoms with Crippen LogP contribution in [0, 0.1) is 5.92 Å². The lowest BCUT2D eigenvalue weighted by molar-refractivity contribution is -0.143. The first-order chi connectivity index (χ1) is 12.7. The number of nitrogens with zero attached hydrogens (tertiary/aromatic N) is 2. The van der Waals surface area contributed by atoms with Gasteiger partial charge in [0.15, 0.2) is 5.69 Å². The number of hydrogen-bond acceptors (Lipinski definition) is 4. The minimum Gasteiger partial charge on any atom is -0.462 e. The van der Waals surface area contributed by atoms with E-state index >= 15 is 0 Å². The van der Waals surface area contributed by atoms with Crippen LogP contribution in [0.5, 0.6) is 0 Å². The number of halogens is 3. The van der Waals surface area contributed by atoms with Gasteiger partial charge in [0.05, 0.1) is 18.5 Å². The van der Waals surface area contributed by atoms with Gasteiger partial charge in [-0.15, -0.1) is 0 Å². The Labute approximate surface area is 154 Å². The van der Waals surface area contributed by atoms with Crippen molar-refractivity contribution < 1.29 is 27.5 Å². The van der Waals surface area contributed by atoms with Crippen LogP contribution < -0.4 is 5.32 Å². The monoisotopic (exact) mass is 383 g/mol. The van der Waals surface area contributed by atoms with E-state index < -0.39 is 23.4 Å². The Balaban J connectivity index is 2.35. The molecule has 2 aromatic rings. The molecule has 0 bridgehead atoms. The Morgan fingerprint density at radius 2 is 1.85 bits per heavy atom. The Morgan fingerprint density at radius 1 is 1.22 bits per heavy atom. The number of carbonyl (C=O) groups is 2. The molecule has 0 aliphatic heterocycles. The molecule has 27 heavy (non-hydrogen) atoms. The first-order valence-corrected chi connectivity index (χ1v) is 8.42. The third-order valence-corrected chi connectivity index (χ3v) is 3.97. The maximum absolute atomic E-state index is 13.5. The predicted octanol–water partition coefficient (Wildman–Crippen LogP) is 4.05. The molecule has 2 rings (SSSR count). The van der Waals surface area contributed by atoms with Gasteiger partial charge in [-0.3, -0.25) is 4.79 Å². The summed E-state index contributed by atoms with van der Waals surface area (Å²) in [4.78, 5) is 23.7. The minimum atomic E-state index is -4.80. The number of alkyl halides is 3. The summed E-state index contributed by atoms with van der Waals surface area (Å²) in [5.41, 5.74) is -1.31. The normalized spacial score (nSPS) is 12.5. The van der Waals surface area contributed by atoms with Gasteiger partial charge in [-0.05, 0) is 37.6 Å². The molecule has 1 heterocycles. The molecule has 0 aliphatic carbocycles. The van der Waals surface area contributed by atoms with Crippen molar-refractivity contribution in [3.8, 4) is 5.69 Å². The van der Waals surface area contributed by atoms with Crippen LogP contribution in [0.1, 0.15) is 43.2 Å². The van der Waals surface area contributed by atoms with Crippen molar-refractivity contribution in [2.24, 2.45) is 5.92 Å². The van der Waals surface area contributed by atoms with Gasteiger partial charge in [-0.25, -0.2) is 9.48 Å². The standard InChI is InChI=1S/C18H20F3N3O3/c1-4-11(3)16(25)23-12-6-8-13(9-7-12)24-15(18(19,20)21)14(10-22-24)17(26)27-5-2/h6-11H,4-5H2,1-3H3,(H,23,25). The number of esters is 1. The average Bonchev–Trinajstić information content (AvgIpc) is 3.07. The quantitative estimate of drug-likeness (QED) is 0.764. The van der Waals surface area contributed by atoms with Crippen molar-refractivity contribution in [1.29, 1.82) is 0 Å². The summed E-state index contributed by atoms with van der Waals surface area (Å²) in [7, 11) is 0. The summed E-state index contributed by atoms with van der Waals surface area (Å²) >= 11 is 0. The Hall–Kier alpha value is -2.84. The van der Waals surface area contributed by atoms with E-state index in [0.29, 0.717) is 16.8 Å². The van der Waals surface area contributed by atoms with E-state index in [1.807, 2.05) is 6.92 Å². The van der Waals surface area contributed by atoms with Crippen LogP contribution in [0.3, 0.4) is 0 Å². The highest BCUT2D eigenvalue weighted by Gasteiger charge is 2.41. The molecule has 0 aliphatic rings. The Morgan fingerprint density at radius 3 is 2.37 bits per heavy atom. The molecule has 0 spiro atoms. The highest BCUT2D eigenvalue weighted by molar-refractivity contribution is 5.92. The molecule has 0 saturated heterocycles. The summed E-state index contributed by atoms with van der Waals surface area (Å²) in [6.07, 6.45) is -3.30. The first-order valence-electron chi connectivity index (χ1n) is 8.42. The van der Waals surface area contributed by atoms with Crippen LogP contribution in [-0.4, -0.2) is 28.3 Å². The van der Waals surface area contributed by atoms with Gasteiger partial charge in [0.25, 0.3) is 0 Å². The van der Waals surface area contributed by atoms with E-state index in [4.69, 9.17) is 0 Å². The van der Waals surface area contributed by atoms with Crippen LogP contribution in [0.15, 0.2) is 30.5 Å². The maximum Gasteiger partial charge on any atom is 0.434 e. The van der Waals surface area contributed by atoms with E-state index in [0.717, 1.165) is 6.20 Å². The molecule has 146 valence electrons. The van der Waals surface area contributed by atoms with E-state index in [-0.39, 0.29) is 24.1 Å². The minimum absolute atomic E-state index is 0.0497. The second kappa shape index (κ2) is 8.24. The lowest BCUT2D eigenvalue weighted by Gasteiger charge is -2.13. The number of ether oxygens (including phenoxy) is 1. The molecule has 1 aromatic heterocycles. The van der Waals surface area contributed by atoms with Crippen LogP contribution >= 0.6 is 0 Å². The number of nitrogens with one attached hydrogen (secondary N) is 1. The second-order valence-electron chi connectivity index (χ2n) is 5.88. The number of rotatable bonds is 6. The molecular formula is C18H20F3N3O3. The smallest absolute Gasteiger partial charge is 0.434 e. The Bertz CT molecular complexity index is 813. The van der Waals surface area contributed by atoms with Crippen molar-refractivity contribution in [2.75, 3.05) is 11.9 Å². The molecule has 1 N–H and O–H groups in total. The Kier molecular flexibility index (Phi) is 6.24. The number of amides is 1. The van der Waals surface area contributed by atoms with Gasteiger partial charge < -0.3 is 10.1 Å².